The van der Waals surface area contributed by atoms with Gasteiger partial charge in [0.25, 0.3) is 0 Å². The molecule has 5 rings (SSSR count). The van der Waals surface area contributed by atoms with E-state index in [-0.39, 0.29) is 21.9 Å². The second-order valence-corrected chi connectivity index (χ2v) is 10.0. The largest absolute Gasteiger partial charge is 2.00 e. The summed E-state index contributed by atoms with van der Waals surface area (Å²) in [5.74, 6) is 0. The smallest absolute Gasteiger partial charge is 0.664 e. The fraction of sp³-hybridized carbons (Fsp3) is 0.357. The number of nitrogens with zero attached hydrogens (tertiary/aromatic N) is 4. The molecule has 0 fully saturated rings. The van der Waals surface area contributed by atoms with E-state index >= 15 is 0 Å². The van der Waals surface area contributed by atoms with Crippen molar-refractivity contribution in [2.24, 2.45) is 0 Å². The van der Waals surface area contributed by atoms with Gasteiger partial charge in [0, 0.05) is 0 Å². The Morgan fingerprint density at radius 2 is 1.06 bits per heavy atom. The molecular formula is C28H30N4Ni. The Balaban J connectivity index is 0.00000259. The van der Waals surface area contributed by atoms with Crippen LogP contribution in [0.4, 0.5) is 0 Å². The molecule has 0 aromatic carbocycles. The molecule has 3 aliphatic heterocycles. The predicted molar refractivity (Wildman–Crippen MR) is 133 cm³/mol. The molecule has 0 unspecified atom stereocenters. The molecule has 5 heterocycles. The zero-order valence-electron chi connectivity index (χ0n) is 20.6. The van der Waals surface area contributed by atoms with Crippen molar-refractivity contribution < 1.29 is 16.5 Å². The number of aromatic nitrogens is 4. The molecule has 0 amide bonds. The maximum atomic E-state index is 5.03. The van der Waals surface area contributed by atoms with Crippen molar-refractivity contribution in [2.75, 3.05) is 0 Å². The first kappa shape index (κ1) is 23.5. The molecule has 8 bridgehead atoms. The van der Waals surface area contributed by atoms with Gasteiger partial charge in [0.1, 0.15) is 0 Å². The van der Waals surface area contributed by atoms with Gasteiger partial charge in [-0.3, -0.25) is 0 Å². The fourth-order valence-corrected chi connectivity index (χ4v) is 4.63. The van der Waals surface area contributed by atoms with E-state index in [1.165, 1.54) is 33.4 Å². The molecule has 0 saturated heterocycles. The van der Waals surface area contributed by atoms with Gasteiger partial charge in [-0.05, 0) is 75.7 Å². The molecule has 2 aromatic rings. The van der Waals surface area contributed by atoms with Crippen LogP contribution in [0.1, 0.15) is 86.8 Å². The second-order valence-electron chi connectivity index (χ2n) is 10.0. The number of fused-ring (bicyclic) bond motifs is 8. The summed E-state index contributed by atoms with van der Waals surface area (Å²) in [6.07, 6.45) is 0.895. The first-order valence-electron chi connectivity index (χ1n) is 11.3. The van der Waals surface area contributed by atoms with Gasteiger partial charge in [-0.15, -0.1) is 11.0 Å². The normalized spacial score (nSPS) is 16.1. The minimum atomic E-state index is -0.0388. The van der Waals surface area contributed by atoms with Crippen LogP contribution in [0.3, 0.4) is 0 Å². The monoisotopic (exact) mass is 480 g/mol. The van der Waals surface area contributed by atoms with Crippen LogP contribution in [-0.2, 0) is 28.3 Å². The van der Waals surface area contributed by atoms with Crippen LogP contribution < -0.4 is 9.97 Å². The molecule has 0 atom stereocenters. The van der Waals surface area contributed by atoms with Gasteiger partial charge < -0.3 is 9.97 Å². The SMILES string of the molecule is CC1=C(C)c2cc3[n-]c(cc4nc(cc5[n-]c(cc1n2)CC5(C)C)C(C)=C4C)c(C)c3C.[Ni+2]. The molecule has 5 heteroatoms. The van der Waals surface area contributed by atoms with Crippen LogP contribution >= 0.6 is 0 Å². The predicted octanol–water partition coefficient (Wildman–Crippen LogP) is 6.33. The molecule has 2 aromatic heterocycles. The van der Waals surface area contributed by atoms with Crippen molar-refractivity contribution in [2.45, 2.75) is 67.2 Å². The molecule has 0 N–H and O–H groups in total. The zero-order valence-corrected chi connectivity index (χ0v) is 21.6. The van der Waals surface area contributed by atoms with Gasteiger partial charge in [0.2, 0.25) is 0 Å². The molecule has 0 spiro atoms. The third-order valence-electron chi connectivity index (χ3n) is 7.42. The quantitative estimate of drug-likeness (QED) is 0.413. The number of hydrogen-bond donors (Lipinski definition) is 0. The number of allylic oxidation sites excluding steroid dienone is 4. The van der Waals surface area contributed by atoms with E-state index in [0.29, 0.717) is 0 Å². The van der Waals surface area contributed by atoms with Crippen LogP contribution in [0.25, 0.3) is 33.3 Å². The maximum absolute atomic E-state index is 5.03. The second kappa shape index (κ2) is 7.99. The van der Waals surface area contributed by atoms with Crippen molar-refractivity contribution in [1.82, 2.24) is 19.9 Å². The molecule has 0 radical (unpaired) electrons. The number of aryl methyl sites for hydroxylation is 2. The van der Waals surface area contributed by atoms with E-state index < -0.39 is 0 Å². The molecule has 0 saturated carbocycles. The minimum absolute atomic E-state index is 0. The average Bonchev–Trinajstić information content (AvgIpc) is 3.35. The van der Waals surface area contributed by atoms with E-state index in [9.17, 15) is 0 Å². The topological polar surface area (TPSA) is 54.0 Å². The maximum Gasteiger partial charge on any atom is 2.00 e. The van der Waals surface area contributed by atoms with Gasteiger partial charge in [0.05, 0.1) is 22.8 Å². The Hall–Kier alpha value is -2.65. The third kappa shape index (κ3) is 3.77. The first-order chi connectivity index (χ1) is 15.0. The average molecular weight is 481 g/mol. The van der Waals surface area contributed by atoms with E-state index in [0.717, 1.165) is 51.6 Å². The van der Waals surface area contributed by atoms with Gasteiger partial charge in [-0.25, -0.2) is 9.97 Å². The Labute approximate surface area is 206 Å². The minimum Gasteiger partial charge on any atom is -0.664 e. The van der Waals surface area contributed by atoms with Crippen molar-refractivity contribution in [1.29, 1.82) is 0 Å². The van der Waals surface area contributed by atoms with Crippen LogP contribution in [0.15, 0.2) is 24.3 Å². The number of hydrogen-bond acceptors (Lipinski definition) is 2. The van der Waals surface area contributed by atoms with Crippen LogP contribution in [0.5, 0.6) is 0 Å². The van der Waals surface area contributed by atoms with Crippen molar-refractivity contribution in [3.63, 3.8) is 0 Å². The summed E-state index contributed by atoms with van der Waals surface area (Å²) in [5, 5.41) is 0. The van der Waals surface area contributed by atoms with Crippen LogP contribution in [0.2, 0.25) is 0 Å². The van der Waals surface area contributed by atoms with E-state index in [2.05, 4.69) is 79.7 Å². The Kier molecular flexibility index (Phi) is 5.69. The zero-order chi connectivity index (χ0) is 22.9. The molecule has 33 heavy (non-hydrogen) atoms. The number of rotatable bonds is 0. The Morgan fingerprint density at radius 1 is 0.636 bits per heavy atom. The third-order valence-corrected chi connectivity index (χ3v) is 7.42. The summed E-state index contributed by atoms with van der Waals surface area (Å²) in [7, 11) is 0. The molecule has 3 aliphatic rings. The van der Waals surface area contributed by atoms with Crippen LogP contribution in [-0.4, -0.2) is 9.97 Å². The molecule has 4 nitrogen and oxygen atoms in total. The van der Waals surface area contributed by atoms with Crippen molar-refractivity contribution >= 4 is 33.3 Å². The molecule has 172 valence electrons. The van der Waals surface area contributed by atoms with Crippen LogP contribution in [0, 0.1) is 13.8 Å². The molecular weight excluding hydrogens is 451 g/mol. The standard InChI is InChI=1S/C28H30N4.Ni/c1-14-15(2)22-10-23-16(3)17(4)24(31-23)11-25-18(5)19(6)26(32-25)12-27-28(7,8)13-20(29-27)9-21(14)30-22;/h9-12H,13H2,1-8H3;/q-2;+2. The summed E-state index contributed by atoms with van der Waals surface area (Å²) < 4.78 is 0. The van der Waals surface area contributed by atoms with Gasteiger partial charge in [0.15, 0.2) is 0 Å². The Morgan fingerprint density at radius 3 is 1.55 bits per heavy atom. The summed E-state index contributed by atoms with van der Waals surface area (Å²) in [4.78, 5) is 20.0. The summed E-state index contributed by atoms with van der Waals surface area (Å²) in [6.45, 7) is 17.4. The van der Waals surface area contributed by atoms with Gasteiger partial charge in [-0.1, -0.05) is 49.2 Å². The van der Waals surface area contributed by atoms with E-state index in [1.54, 1.807) is 0 Å². The van der Waals surface area contributed by atoms with Crippen molar-refractivity contribution in [3.8, 4) is 0 Å². The summed E-state index contributed by atoms with van der Waals surface area (Å²) >= 11 is 0. The van der Waals surface area contributed by atoms with Gasteiger partial charge in [-0.2, -0.15) is 11.4 Å². The Bertz CT molecular complexity index is 1430. The molecule has 0 aliphatic carbocycles. The summed E-state index contributed by atoms with van der Waals surface area (Å²) in [5.41, 5.74) is 15.3. The fourth-order valence-electron chi connectivity index (χ4n) is 4.63. The van der Waals surface area contributed by atoms with Gasteiger partial charge >= 0.3 is 16.5 Å². The van der Waals surface area contributed by atoms with Crippen molar-refractivity contribution in [3.05, 3.63) is 69.6 Å². The first-order valence-corrected chi connectivity index (χ1v) is 11.3. The van der Waals surface area contributed by atoms with E-state index in [4.69, 9.17) is 19.9 Å². The summed E-state index contributed by atoms with van der Waals surface area (Å²) in [6, 6.07) is 8.58. The van der Waals surface area contributed by atoms with E-state index in [1.807, 2.05) is 0 Å².